The van der Waals surface area contributed by atoms with E-state index in [4.69, 9.17) is 9.84 Å². The smallest absolute Gasteiger partial charge is 0.304 e. The molecule has 0 aromatic heterocycles. The van der Waals surface area contributed by atoms with Crippen molar-refractivity contribution < 1.29 is 19.7 Å². The summed E-state index contributed by atoms with van der Waals surface area (Å²) in [6.07, 6.45) is -0.449. The number of ether oxygens (including phenoxy) is 1. The average Bonchev–Trinajstić information content (AvgIpc) is 2.68. The van der Waals surface area contributed by atoms with E-state index in [0.29, 0.717) is 13.1 Å². The number of benzene rings is 1. The number of methoxy groups -OCH3 is 1. The first kappa shape index (κ1) is 13.8. The molecule has 2 N–H and O–H groups in total. The van der Waals surface area contributed by atoms with Gasteiger partial charge in [-0.25, -0.2) is 0 Å². The van der Waals surface area contributed by atoms with Gasteiger partial charge in [0.05, 0.1) is 19.1 Å². The quantitative estimate of drug-likeness (QED) is 0.805. The highest BCUT2D eigenvalue weighted by molar-refractivity contribution is 5.71. The molecule has 0 bridgehead atoms. The van der Waals surface area contributed by atoms with Gasteiger partial charge in [0.2, 0.25) is 0 Å². The average molecular weight is 265 g/mol. The molecular weight excluding hydrogens is 246 g/mol. The van der Waals surface area contributed by atoms with E-state index in [2.05, 4.69) is 0 Å². The molecular formula is C14H19NO4. The maximum absolute atomic E-state index is 10.9. The maximum Gasteiger partial charge on any atom is 0.304 e. The number of β-amino-alcohol motifs (C(OH)–C–C–N with tert-alkyl or cyclic N) is 1. The van der Waals surface area contributed by atoms with Gasteiger partial charge in [-0.1, -0.05) is 18.2 Å². The van der Waals surface area contributed by atoms with E-state index in [1.54, 1.807) is 7.11 Å². The van der Waals surface area contributed by atoms with Crippen molar-refractivity contribution in [3.63, 3.8) is 0 Å². The maximum atomic E-state index is 10.9. The fourth-order valence-corrected chi connectivity index (χ4v) is 2.64. The minimum Gasteiger partial charge on any atom is -0.481 e. The van der Waals surface area contributed by atoms with Gasteiger partial charge in [-0.05, 0) is 11.6 Å². The van der Waals surface area contributed by atoms with E-state index in [1.807, 2.05) is 29.2 Å². The summed E-state index contributed by atoms with van der Waals surface area (Å²) in [6.45, 7) is 1.37. The number of anilines is 1. The Kier molecular flexibility index (Phi) is 4.39. The summed E-state index contributed by atoms with van der Waals surface area (Å²) in [5, 5.41) is 18.8. The Balaban J connectivity index is 2.13. The number of hydrogen-bond donors (Lipinski definition) is 2. The fraction of sp³-hybridized carbons (Fsp3) is 0.500. The van der Waals surface area contributed by atoms with Gasteiger partial charge in [-0.15, -0.1) is 0 Å². The Morgan fingerprint density at radius 1 is 1.53 bits per heavy atom. The SMILES string of the molecule is COCC(O)CN1CC(CC(=O)O)c2ccccc21. The zero-order valence-electron chi connectivity index (χ0n) is 11.0. The Hall–Kier alpha value is -1.59. The lowest BCUT2D eigenvalue weighted by Gasteiger charge is -2.22. The van der Waals surface area contributed by atoms with E-state index in [9.17, 15) is 9.90 Å². The van der Waals surface area contributed by atoms with Crippen LogP contribution in [0.3, 0.4) is 0 Å². The van der Waals surface area contributed by atoms with Crippen LogP contribution in [0.2, 0.25) is 0 Å². The molecule has 2 unspecified atom stereocenters. The summed E-state index contributed by atoms with van der Waals surface area (Å²) < 4.78 is 4.92. The molecule has 1 aromatic carbocycles. The molecule has 1 aromatic rings. The number of rotatable bonds is 6. The molecule has 19 heavy (non-hydrogen) atoms. The molecule has 0 aliphatic carbocycles. The lowest BCUT2D eigenvalue weighted by atomic mass is 9.98. The van der Waals surface area contributed by atoms with Gasteiger partial charge < -0.3 is 19.8 Å². The first-order valence-corrected chi connectivity index (χ1v) is 6.34. The van der Waals surface area contributed by atoms with Crippen molar-refractivity contribution in [2.45, 2.75) is 18.4 Å². The Labute approximate surface area is 112 Å². The molecule has 1 aliphatic rings. The first-order valence-electron chi connectivity index (χ1n) is 6.34. The van der Waals surface area contributed by atoms with Gasteiger partial charge in [0, 0.05) is 31.8 Å². The van der Waals surface area contributed by atoms with Gasteiger partial charge in [0.25, 0.3) is 0 Å². The monoisotopic (exact) mass is 265 g/mol. The van der Waals surface area contributed by atoms with Crippen molar-refractivity contribution in [2.24, 2.45) is 0 Å². The third-order valence-electron chi connectivity index (χ3n) is 3.37. The highest BCUT2D eigenvalue weighted by Gasteiger charge is 2.30. The van der Waals surface area contributed by atoms with Crippen LogP contribution in [-0.2, 0) is 9.53 Å². The Bertz CT molecular complexity index is 449. The second kappa shape index (κ2) is 6.04. The lowest BCUT2D eigenvalue weighted by Crippen LogP contribution is -2.34. The van der Waals surface area contributed by atoms with E-state index in [0.717, 1.165) is 11.3 Å². The summed E-state index contributed by atoms with van der Waals surface area (Å²) in [6, 6.07) is 7.78. The minimum absolute atomic E-state index is 0.0107. The van der Waals surface area contributed by atoms with Crippen molar-refractivity contribution in [1.29, 1.82) is 0 Å². The molecule has 5 nitrogen and oxygen atoms in total. The summed E-state index contributed by atoms with van der Waals surface area (Å²) in [5.41, 5.74) is 2.07. The van der Waals surface area contributed by atoms with Crippen LogP contribution in [0.5, 0.6) is 0 Å². The molecule has 0 amide bonds. The number of nitrogens with zero attached hydrogens (tertiary/aromatic N) is 1. The van der Waals surface area contributed by atoms with Crippen LogP contribution >= 0.6 is 0 Å². The fourth-order valence-electron chi connectivity index (χ4n) is 2.64. The van der Waals surface area contributed by atoms with Crippen molar-refractivity contribution in [1.82, 2.24) is 0 Å². The molecule has 0 saturated heterocycles. The predicted molar refractivity (Wildman–Crippen MR) is 71.5 cm³/mol. The number of carboxylic acid groups (broad SMARTS) is 1. The highest BCUT2D eigenvalue weighted by atomic mass is 16.5. The Morgan fingerprint density at radius 2 is 2.26 bits per heavy atom. The summed E-state index contributed by atoms with van der Waals surface area (Å²) in [5.74, 6) is -0.803. The van der Waals surface area contributed by atoms with Gasteiger partial charge in [-0.3, -0.25) is 4.79 Å². The zero-order chi connectivity index (χ0) is 13.8. The number of para-hydroxylation sites is 1. The summed E-state index contributed by atoms with van der Waals surface area (Å²) >= 11 is 0. The topological polar surface area (TPSA) is 70.0 Å². The number of carboxylic acids is 1. The van der Waals surface area contributed by atoms with Crippen molar-refractivity contribution in [2.75, 3.05) is 31.7 Å². The molecule has 1 aliphatic heterocycles. The molecule has 2 rings (SSSR count). The molecule has 0 radical (unpaired) electrons. The van der Waals surface area contributed by atoms with Crippen LogP contribution in [0.25, 0.3) is 0 Å². The molecule has 2 atom stereocenters. The molecule has 0 saturated carbocycles. The second-order valence-corrected chi connectivity index (χ2v) is 4.87. The largest absolute Gasteiger partial charge is 0.481 e. The van der Waals surface area contributed by atoms with Crippen LogP contribution < -0.4 is 4.90 Å². The van der Waals surface area contributed by atoms with E-state index in [1.165, 1.54) is 0 Å². The second-order valence-electron chi connectivity index (χ2n) is 4.87. The first-order chi connectivity index (χ1) is 9.11. The summed E-state index contributed by atoms with van der Waals surface area (Å²) in [4.78, 5) is 12.9. The molecule has 0 fully saturated rings. The number of aliphatic carboxylic acids is 1. The minimum atomic E-state index is -0.793. The number of hydrogen-bond acceptors (Lipinski definition) is 4. The van der Waals surface area contributed by atoms with Gasteiger partial charge >= 0.3 is 5.97 Å². The van der Waals surface area contributed by atoms with Gasteiger partial charge in [0.1, 0.15) is 0 Å². The standard InChI is InChI=1S/C14H19NO4/c1-19-9-11(16)8-15-7-10(6-14(17)18)12-4-2-3-5-13(12)15/h2-5,10-11,16H,6-9H2,1H3,(H,17,18). The highest BCUT2D eigenvalue weighted by Crippen LogP contribution is 2.37. The zero-order valence-corrected chi connectivity index (χ0v) is 11.0. The van der Waals surface area contributed by atoms with E-state index >= 15 is 0 Å². The van der Waals surface area contributed by atoms with Crippen LogP contribution in [0, 0.1) is 0 Å². The Morgan fingerprint density at radius 3 is 2.95 bits per heavy atom. The van der Waals surface area contributed by atoms with Crippen LogP contribution in [0.4, 0.5) is 5.69 Å². The normalized spacial score (nSPS) is 19.3. The molecule has 5 heteroatoms. The molecule has 0 spiro atoms. The van der Waals surface area contributed by atoms with Crippen molar-refractivity contribution >= 4 is 11.7 Å². The lowest BCUT2D eigenvalue weighted by molar-refractivity contribution is -0.137. The van der Waals surface area contributed by atoms with Crippen molar-refractivity contribution in [3.8, 4) is 0 Å². The summed E-state index contributed by atoms with van der Waals surface area (Å²) in [7, 11) is 1.55. The van der Waals surface area contributed by atoms with Crippen LogP contribution in [0.1, 0.15) is 17.9 Å². The van der Waals surface area contributed by atoms with Gasteiger partial charge in [0.15, 0.2) is 0 Å². The third-order valence-corrected chi connectivity index (χ3v) is 3.37. The van der Waals surface area contributed by atoms with Crippen LogP contribution in [0.15, 0.2) is 24.3 Å². The number of aliphatic hydroxyl groups is 1. The van der Waals surface area contributed by atoms with E-state index < -0.39 is 12.1 Å². The molecule has 104 valence electrons. The predicted octanol–water partition coefficient (Wildman–Crippen LogP) is 1.07. The number of aliphatic hydroxyl groups excluding tert-OH is 1. The number of carbonyl (C=O) groups is 1. The number of fused-ring (bicyclic) bond motifs is 1. The van der Waals surface area contributed by atoms with Crippen LogP contribution in [-0.4, -0.2) is 49.1 Å². The van der Waals surface area contributed by atoms with Gasteiger partial charge in [-0.2, -0.15) is 0 Å². The molecule has 1 heterocycles. The van der Waals surface area contributed by atoms with Crippen molar-refractivity contribution in [3.05, 3.63) is 29.8 Å². The van der Waals surface area contributed by atoms with E-state index in [-0.39, 0.29) is 18.9 Å². The third kappa shape index (κ3) is 3.24.